The van der Waals surface area contributed by atoms with Crippen LogP contribution in [0.2, 0.25) is 0 Å². The summed E-state index contributed by atoms with van der Waals surface area (Å²) in [4.78, 5) is 38.1. The molecule has 0 fully saturated rings. The summed E-state index contributed by atoms with van der Waals surface area (Å²) in [6.07, 6.45) is 72.9. The van der Waals surface area contributed by atoms with Gasteiger partial charge < -0.3 is 14.2 Å². The largest absolute Gasteiger partial charge is 0.462 e. The van der Waals surface area contributed by atoms with Crippen LogP contribution in [-0.4, -0.2) is 37.2 Å². The minimum absolute atomic E-state index is 0.0989. The van der Waals surface area contributed by atoms with E-state index >= 15 is 0 Å². The Kier molecular flexibility index (Phi) is 53.4. The van der Waals surface area contributed by atoms with Crippen LogP contribution in [0.15, 0.2) is 85.1 Å². The van der Waals surface area contributed by atoms with Crippen LogP contribution in [0.4, 0.5) is 0 Å². The third-order valence-electron chi connectivity index (χ3n) is 12.1. The van der Waals surface area contributed by atoms with Crippen molar-refractivity contribution >= 4 is 17.9 Å². The molecule has 68 heavy (non-hydrogen) atoms. The molecule has 0 heterocycles. The maximum absolute atomic E-state index is 12.9. The molecule has 0 aromatic heterocycles. The standard InChI is InChI=1S/C62H106O6/c1-4-7-10-13-16-19-22-25-28-31-34-37-40-43-46-49-52-55-61(64)67-58-59(57-66-60(63)54-51-48-45-42-39-36-33-30-27-24-21-18-15-12-9-6-3)68-62(65)56-53-50-47-44-41-38-35-32-29-26-23-20-17-14-11-8-5-2/h9,12,16,18-19,21,25,27-28,30,34,37,43,46,59H,4-8,10-11,13-15,17,20,22-24,26,29,31-33,35-36,38-42,44-45,47-58H2,1-3H3/b12-9-,19-16-,21-18-,28-25-,30-27-,37-34-,46-43-. The van der Waals surface area contributed by atoms with Gasteiger partial charge in [0.05, 0.1) is 0 Å². The van der Waals surface area contributed by atoms with Crippen molar-refractivity contribution in [3.63, 3.8) is 0 Å². The van der Waals surface area contributed by atoms with E-state index in [0.717, 1.165) is 89.9 Å². The number of allylic oxidation sites excluding steroid dienone is 14. The average Bonchev–Trinajstić information content (AvgIpc) is 3.34. The molecule has 390 valence electrons. The van der Waals surface area contributed by atoms with Crippen LogP contribution >= 0.6 is 0 Å². The van der Waals surface area contributed by atoms with Gasteiger partial charge in [-0.15, -0.1) is 0 Å². The van der Waals surface area contributed by atoms with Gasteiger partial charge in [0.2, 0.25) is 0 Å². The van der Waals surface area contributed by atoms with Gasteiger partial charge in [-0.3, -0.25) is 14.4 Å². The number of rotatable bonds is 51. The van der Waals surface area contributed by atoms with Crippen molar-refractivity contribution in [3.8, 4) is 0 Å². The van der Waals surface area contributed by atoms with Crippen molar-refractivity contribution in [1.29, 1.82) is 0 Å². The van der Waals surface area contributed by atoms with Crippen molar-refractivity contribution in [2.24, 2.45) is 0 Å². The number of carbonyl (C=O) groups is 3. The van der Waals surface area contributed by atoms with Gasteiger partial charge in [0, 0.05) is 19.3 Å². The molecule has 0 aliphatic rings. The number of carbonyl (C=O) groups excluding carboxylic acids is 3. The van der Waals surface area contributed by atoms with Crippen LogP contribution in [0, 0.1) is 0 Å². The first kappa shape index (κ1) is 64.6. The van der Waals surface area contributed by atoms with Gasteiger partial charge in [0.1, 0.15) is 13.2 Å². The molecule has 0 rings (SSSR count). The van der Waals surface area contributed by atoms with Gasteiger partial charge in [-0.25, -0.2) is 0 Å². The molecule has 0 saturated heterocycles. The van der Waals surface area contributed by atoms with Crippen molar-refractivity contribution < 1.29 is 28.6 Å². The Morgan fingerprint density at radius 2 is 0.588 bits per heavy atom. The number of ether oxygens (including phenoxy) is 3. The van der Waals surface area contributed by atoms with E-state index < -0.39 is 6.10 Å². The Bertz CT molecular complexity index is 1320. The van der Waals surface area contributed by atoms with Crippen molar-refractivity contribution in [1.82, 2.24) is 0 Å². The summed E-state index contributed by atoms with van der Waals surface area (Å²) >= 11 is 0. The topological polar surface area (TPSA) is 78.9 Å². The Morgan fingerprint density at radius 1 is 0.309 bits per heavy atom. The summed E-state index contributed by atoms with van der Waals surface area (Å²) in [5, 5.41) is 0. The molecule has 0 N–H and O–H groups in total. The van der Waals surface area contributed by atoms with Crippen LogP contribution in [0.1, 0.15) is 271 Å². The lowest BCUT2D eigenvalue weighted by atomic mass is 10.0. The molecule has 1 unspecified atom stereocenters. The van der Waals surface area contributed by atoms with Gasteiger partial charge in [-0.05, 0) is 89.9 Å². The van der Waals surface area contributed by atoms with Crippen LogP contribution in [-0.2, 0) is 28.6 Å². The van der Waals surface area contributed by atoms with Gasteiger partial charge in [-0.2, -0.15) is 0 Å². The Balaban J connectivity index is 4.47. The van der Waals surface area contributed by atoms with Gasteiger partial charge in [-0.1, -0.05) is 247 Å². The van der Waals surface area contributed by atoms with E-state index in [0.29, 0.717) is 19.3 Å². The molecule has 6 heteroatoms. The zero-order valence-corrected chi connectivity index (χ0v) is 44.6. The third kappa shape index (κ3) is 53.5. The lowest BCUT2D eigenvalue weighted by molar-refractivity contribution is -0.167. The highest BCUT2D eigenvalue weighted by molar-refractivity contribution is 5.71. The second-order valence-corrected chi connectivity index (χ2v) is 18.8. The van der Waals surface area contributed by atoms with Crippen LogP contribution in [0.3, 0.4) is 0 Å². The van der Waals surface area contributed by atoms with Gasteiger partial charge >= 0.3 is 17.9 Å². The maximum Gasteiger partial charge on any atom is 0.306 e. The lowest BCUT2D eigenvalue weighted by Gasteiger charge is -2.18. The fourth-order valence-corrected chi connectivity index (χ4v) is 7.86. The number of hydrogen-bond acceptors (Lipinski definition) is 6. The zero-order valence-electron chi connectivity index (χ0n) is 44.6. The van der Waals surface area contributed by atoms with Gasteiger partial charge in [0.15, 0.2) is 6.10 Å². The zero-order chi connectivity index (χ0) is 49.3. The van der Waals surface area contributed by atoms with E-state index in [-0.39, 0.29) is 37.5 Å². The molecular formula is C62H106O6. The summed E-state index contributed by atoms with van der Waals surface area (Å²) in [6.45, 7) is 6.46. The minimum atomic E-state index is -0.803. The summed E-state index contributed by atoms with van der Waals surface area (Å²) in [5.74, 6) is -0.961. The van der Waals surface area contributed by atoms with E-state index in [1.807, 2.05) is 0 Å². The maximum atomic E-state index is 12.9. The van der Waals surface area contributed by atoms with Gasteiger partial charge in [0.25, 0.3) is 0 Å². The fraction of sp³-hybridized carbons (Fsp3) is 0.726. The SMILES string of the molecule is CC/C=C\C/C=C\C/C=C\CCCCCCCCC(=O)OCC(COC(=O)CCC/C=C\C/C=C\C/C=C\C/C=C\CCCCC)OC(=O)CCCCCCCCCCCCCCCCCCC. The molecule has 0 bridgehead atoms. The third-order valence-corrected chi connectivity index (χ3v) is 12.1. The predicted octanol–water partition coefficient (Wildman–Crippen LogP) is 19.2. The molecule has 0 amide bonds. The first-order valence-corrected chi connectivity index (χ1v) is 28.6. The first-order valence-electron chi connectivity index (χ1n) is 28.6. The first-order chi connectivity index (χ1) is 33.5. The molecular weight excluding hydrogens is 841 g/mol. The Labute approximate surface area is 420 Å². The molecule has 0 radical (unpaired) electrons. The average molecular weight is 948 g/mol. The molecule has 0 aromatic rings. The quantitative estimate of drug-likeness (QED) is 0.0262. The Morgan fingerprint density at radius 3 is 0.985 bits per heavy atom. The molecule has 0 aromatic carbocycles. The highest BCUT2D eigenvalue weighted by Gasteiger charge is 2.19. The van der Waals surface area contributed by atoms with Crippen LogP contribution in [0.25, 0.3) is 0 Å². The van der Waals surface area contributed by atoms with E-state index in [1.165, 1.54) is 135 Å². The second-order valence-electron chi connectivity index (χ2n) is 18.8. The molecule has 1 atom stereocenters. The van der Waals surface area contributed by atoms with E-state index in [1.54, 1.807) is 0 Å². The molecule has 0 aliphatic heterocycles. The monoisotopic (exact) mass is 947 g/mol. The number of hydrogen-bond donors (Lipinski definition) is 0. The van der Waals surface area contributed by atoms with Crippen molar-refractivity contribution in [2.45, 2.75) is 277 Å². The fourth-order valence-electron chi connectivity index (χ4n) is 7.86. The highest BCUT2D eigenvalue weighted by atomic mass is 16.6. The summed E-state index contributed by atoms with van der Waals surface area (Å²) in [6, 6.07) is 0. The molecule has 6 nitrogen and oxygen atoms in total. The predicted molar refractivity (Wildman–Crippen MR) is 293 cm³/mol. The van der Waals surface area contributed by atoms with Crippen molar-refractivity contribution in [3.05, 3.63) is 85.1 Å². The summed E-state index contributed by atoms with van der Waals surface area (Å²) < 4.78 is 16.8. The Hall–Kier alpha value is -3.41. The second kappa shape index (κ2) is 56.2. The van der Waals surface area contributed by atoms with E-state index in [4.69, 9.17) is 14.2 Å². The summed E-state index contributed by atoms with van der Waals surface area (Å²) in [7, 11) is 0. The molecule has 0 saturated carbocycles. The minimum Gasteiger partial charge on any atom is -0.462 e. The van der Waals surface area contributed by atoms with Crippen molar-refractivity contribution in [2.75, 3.05) is 13.2 Å². The lowest BCUT2D eigenvalue weighted by Crippen LogP contribution is -2.30. The summed E-state index contributed by atoms with van der Waals surface area (Å²) in [5.41, 5.74) is 0. The smallest absolute Gasteiger partial charge is 0.306 e. The number of esters is 3. The normalized spacial score (nSPS) is 12.7. The molecule has 0 aliphatic carbocycles. The van der Waals surface area contributed by atoms with Crippen LogP contribution in [0.5, 0.6) is 0 Å². The molecule has 0 spiro atoms. The van der Waals surface area contributed by atoms with E-state index in [2.05, 4.69) is 106 Å². The van der Waals surface area contributed by atoms with Crippen LogP contribution < -0.4 is 0 Å². The highest BCUT2D eigenvalue weighted by Crippen LogP contribution is 2.16. The van der Waals surface area contributed by atoms with E-state index in [9.17, 15) is 14.4 Å². The number of unbranched alkanes of at least 4 members (excludes halogenated alkanes) is 26.